The largest absolute Gasteiger partial charge is 0.458 e. The second-order valence-electron chi connectivity index (χ2n) is 4.65. The molecule has 0 amide bonds. The van der Waals surface area contributed by atoms with Gasteiger partial charge in [-0.25, -0.2) is 0 Å². The highest BCUT2D eigenvalue weighted by atomic mass is 16.5. The van der Waals surface area contributed by atoms with E-state index in [9.17, 15) is 9.59 Å². The van der Waals surface area contributed by atoms with Crippen molar-refractivity contribution in [2.24, 2.45) is 0 Å². The number of carbonyl (C=O) groups excluding carboxylic acids is 2. The Kier molecular flexibility index (Phi) is 6.86. The molecule has 0 unspecified atom stereocenters. The van der Waals surface area contributed by atoms with Crippen LogP contribution in [0.15, 0.2) is 24.3 Å². The maximum atomic E-state index is 10.4. The lowest BCUT2D eigenvalue weighted by atomic mass is 9.92. The van der Waals surface area contributed by atoms with Gasteiger partial charge in [0, 0.05) is 13.3 Å². The Balaban J connectivity index is 0.000000192. The van der Waals surface area contributed by atoms with Crippen LogP contribution in [0, 0.1) is 0 Å². The van der Waals surface area contributed by atoms with Gasteiger partial charge in [-0.1, -0.05) is 31.2 Å². The first-order valence-corrected chi connectivity index (χ1v) is 6.85. The first-order valence-electron chi connectivity index (χ1n) is 6.85. The number of aryl methyl sites for hydroxylation is 2. The molecule has 0 saturated heterocycles. The molecule has 0 spiro atoms. The average Bonchev–Trinajstić information content (AvgIpc) is 2.45. The highest BCUT2D eigenvalue weighted by molar-refractivity contribution is 5.81. The summed E-state index contributed by atoms with van der Waals surface area (Å²) in [4.78, 5) is 20.5. The van der Waals surface area contributed by atoms with E-state index in [0.29, 0.717) is 6.42 Å². The molecule has 104 valence electrons. The quantitative estimate of drug-likeness (QED) is 0.786. The van der Waals surface area contributed by atoms with Crippen molar-refractivity contribution in [2.45, 2.75) is 46.0 Å². The summed E-state index contributed by atoms with van der Waals surface area (Å²) < 4.78 is 4.41. The van der Waals surface area contributed by atoms with Gasteiger partial charge in [-0.3, -0.25) is 9.59 Å². The van der Waals surface area contributed by atoms with Gasteiger partial charge in [0.15, 0.2) is 5.78 Å². The van der Waals surface area contributed by atoms with Crippen LogP contribution < -0.4 is 0 Å². The van der Waals surface area contributed by atoms with E-state index < -0.39 is 5.97 Å². The van der Waals surface area contributed by atoms with E-state index in [1.54, 1.807) is 18.1 Å². The van der Waals surface area contributed by atoms with E-state index >= 15 is 0 Å². The lowest BCUT2D eigenvalue weighted by molar-refractivity contribution is -0.145. The van der Waals surface area contributed by atoms with Gasteiger partial charge in [0.05, 0.1) is 0 Å². The first-order chi connectivity index (χ1) is 9.13. The number of ketones is 1. The van der Waals surface area contributed by atoms with E-state index in [4.69, 9.17) is 0 Å². The summed E-state index contributed by atoms with van der Waals surface area (Å²) in [6.45, 7) is 2.93. The molecule has 0 atom stereocenters. The van der Waals surface area contributed by atoms with Crippen molar-refractivity contribution in [3.63, 3.8) is 0 Å². The van der Waals surface area contributed by atoms with Crippen LogP contribution in [0.4, 0.5) is 0 Å². The smallest absolute Gasteiger partial charge is 0.303 e. The Morgan fingerprint density at radius 2 is 1.63 bits per heavy atom. The first kappa shape index (κ1) is 15.4. The molecule has 2 rings (SSSR count). The lowest BCUT2D eigenvalue weighted by Gasteiger charge is -2.13. The van der Waals surface area contributed by atoms with E-state index in [2.05, 4.69) is 29.0 Å². The summed E-state index contributed by atoms with van der Waals surface area (Å²) in [5.74, 6) is -0.456. The zero-order valence-electron chi connectivity index (χ0n) is 11.8. The summed E-state index contributed by atoms with van der Waals surface area (Å²) in [7, 11) is 0. The summed E-state index contributed by atoms with van der Waals surface area (Å²) in [5.41, 5.74) is 3.16. The standard InChI is InChI=1S/C10H12.C6H10O3/c1-2-6-10-8-4-3-7-9(10)5-1;1-3-6(8)4-9-5(2)7/h1-2,5-6H,3-4,7-8H2;3-4H2,1-2H3. The Bertz CT molecular complexity index is 399. The number of rotatable bonds is 3. The van der Waals surface area contributed by atoms with Crippen LogP contribution in [0.1, 0.15) is 44.2 Å². The van der Waals surface area contributed by atoms with Gasteiger partial charge in [0.2, 0.25) is 0 Å². The van der Waals surface area contributed by atoms with Gasteiger partial charge in [-0.2, -0.15) is 0 Å². The molecular formula is C16H22O3. The van der Waals surface area contributed by atoms with Crippen LogP contribution in [0.25, 0.3) is 0 Å². The highest BCUT2D eigenvalue weighted by Gasteiger charge is 2.06. The van der Waals surface area contributed by atoms with Gasteiger partial charge in [0.1, 0.15) is 6.61 Å². The van der Waals surface area contributed by atoms with Gasteiger partial charge in [-0.15, -0.1) is 0 Å². The predicted molar refractivity (Wildman–Crippen MR) is 75.0 cm³/mol. The van der Waals surface area contributed by atoms with Crippen molar-refractivity contribution in [1.82, 2.24) is 0 Å². The number of hydrogen-bond donors (Lipinski definition) is 0. The fourth-order valence-electron chi connectivity index (χ4n) is 1.96. The summed E-state index contributed by atoms with van der Waals surface area (Å²) in [5, 5.41) is 0. The fraction of sp³-hybridized carbons (Fsp3) is 0.500. The van der Waals surface area contributed by atoms with Crippen LogP contribution >= 0.6 is 0 Å². The highest BCUT2D eigenvalue weighted by Crippen LogP contribution is 2.19. The Morgan fingerprint density at radius 3 is 2.05 bits per heavy atom. The van der Waals surface area contributed by atoms with Gasteiger partial charge < -0.3 is 4.74 Å². The number of carbonyl (C=O) groups is 2. The molecule has 1 aliphatic rings. The minimum atomic E-state index is -0.406. The van der Waals surface area contributed by atoms with Crippen molar-refractivity contribution in [3.8, 4) is 0 Å². The number of fused-ring (bicyclic) bond motifs is 1. The van der Waals surface area contributed by atoms with E-state index in [1.165, 1.54) is 32.6 Å². The average molecular weight is 262 g/mol. The van der Waals surface area contributed by atoms with E-state index in [0.717, 1.165) is 0 Å². The molecule has 0 aromatic heterocycles. The number of hydrogen-bond acceptors (Lipinski definition) is 3. The van der Waals surface area contributed by atoms with E-state index in [1.807, 2.05) is 0 Å². The third-order valence-corrected chi connectivity index (χ3v) is 3.09. The topological polar surface area (TPSA) is 43.4 Å². The molecular weight excluding hydrogens is 240 g/mol. The minimum Gasteiger partial charge on any atom is -0.458 e. The molecule has 0 N–H and O–H groups in total. The predicted octanol–water partition coefficient (Wildman–Crippen LogP) is 3.09. The van der Waals surface area contributed by atoms with Crippen LogP contribution in [-0.2, 0) is 27.2 Å². The molecule has 0 bridgehead atoms. The number of Topliss-reactive ketones (excluding diaryl/α,β-unsaturated/α-hetero) is 1. The molecule has 1 aliphatic carbocycles. The second-order valence-corrected chi connectivity index (χ2v) is 4.65. The fourth-order valence-corrected chi connectivity index (χ4v) is 1.96. The zero-order chi connectivity index (χ0) is 14.1. The van der Waals surface area contributed by atoms with Crippen LogP contribution in [0.5, 0.6) is 0 Å². The van der Waals surface area contributed by atoms with E-state index in [-0.39, 0.29) is 12.4 Å². The molecule has 19 heavy (non-hydrogen) atoms. The maximum absolute atomic E-state index is 10.4. The Labute approximate surface area is 115 Å². The molecule has 0 saturated carbocycles. The Hall–Kier alpha value is -1.64. The second kappa shape index (κ2) is 8.46. The summed E-state index contributed by atoms with van der Waals surface area (Å²) in [6, 6.07) is 8.80. The monoisotopic (exact) mass is 262 g/mol. The van der Waals surface area contributed by atoms with Crippen LogP contribution in [0.3, 0.4) is 0 Å². The van der Waals surface area contributed by atoms with Crippen LogP contribution in [-0.4, -0.2) is 18.4 Å². The lowest BCUT2D eigenvalue weighted by Crippen LogP contribution is -2.09. The van der Waals surface area contributed by atoms with Crippen molar-refractivity contribution < 1.29 is 14.3 Å². The summed E-state index contributed by atoms with van der Waals surface area (Å²) in [6.07, 6.45) is 5.80. The Morgan fingerprint density at radius 1 is 1.11 bits per heavy atom. The van der Waals surface area contributed by atoms with Gasteiger partial charge in [-0.05, 0) is 36.8 Å². The van der Waals surface area contributed by atoms with Crippen molar-refractivity contribution in [1.29, 1.82) is 0 Å². The van der Waals surface area contributed by atoms with Crippen molar-refractivity contribution in [2.75, 3.05) is 6.61 Å². The van der Waals surface area contributed by atoms with Gasteiger partial charge >= 0.3 is 5.97 Å². The van der Waals surface area contributed by atoms with Gasteiger partial charge in [0.25, 0.3) is 0 Å². The third-order valence-electron chi connectivity index (χ3n) is 3.09. The number of ether oxygens (including phenoxy) is 1. The normalized spacial score (nSPS) is 12.7. The van der Waals surface area contributed by atoms with Crippen LogP contribution in [0.2, 0.25) is 0 Å². The number of esters is 1. The molecule has 0 fully saturated rings. The molecule has 1 aromatic carbocycles. The molecule has 3 heteroatoms. The zero-order valence-corrected chi connectivity index (χ0v) is 11.8. The SMILES string of the molecule is CCC(=O)COC(C)=O.c1ccc2c(c1)CCCC2. The maximum Gasteiger partial charge on any atom is 0.303 e. The molecule has 0 aliphatic heterocycles. The molecule has 0 heterocycles. The molecule has 0 radical (unpaired) electrons. The van der Waals surface area contributed by atoms with Crippen molar-refractivity contribution in [3.05, 3.63) is 35.4 Å². The summed E-state index contributed by atoms with van der Waals surface area (Å²) >= 11 is 0. The number of benzene rings is 1. The minimum absolute atomic E-state index is 0.0507. The molecule has 1 aromatic rings. The molecule has 3 nitrogen and oxygen atoms in total. The third kappa shape index (κ3) is 6.18. The van der Waals surface area contributed by atoms with Crippen molar-refractivity contribution >= 4 is 11.8 Å².